The van der Waals surface area contributed by atoms with Gasteiger partial charge in [-0.25, -0.2) is 0 Å². The second-order valence-corrected chi connectivity index (χ2v) is 6.87. The largest absolute Gasteiger partial charge is 0.300 e. The van der Waals surface area contributed by atoms with Gasteiger partial charge < -0.3 is 0 Å². The zero-order valence-corrected chi connectivity index (χ0v) is 13.4. The summed E-state index contributed by atoms with van der Waals surface area (Å²) in [5.74, 6) is 0. The smallest absolute Gasteiger partial charge is 0.104 e. The standard InChI is InChI=1S/C14H19BrN2S/c1-4-17-14(3,10-16)9-11(2)18-13-8-6-5-7-12(13)15/h5-8,11,17H,4,9H2,1-3H3. The summed E-state index contributed by atoms with van der Waals surface area (Å²) in [5.41, 5.74) is -0.442. The highest BCUT2D eigenvalue weighted by Gasteiger charge is 2.25. The fourth-order valence-electron chi connectivity index (χ4n) is 1.92. The van der Waals surface area contributed by atoms with E-state index in [9.17, 15) is 5.26 Å². The van der Waals surface area contributed by atoms with Gasteiger partial charge in [0.2, 0.25) is 0 Å². The second-order valence-electron chi connectivity index (χ2n) is 4.54. The highest BCUT2D eigenvalue weighted by molar-refractivity contribution is 9.10. The third-order valence-electron chi connectivity index (χ3n) is 2.67. The number of rotatable bonds is 6. The first kappa shape index (κ1) is 15.6. The Morgan fingerprint density at radius 1 is 1.50 bits per heavy atom. The predicted molar refractivity (Wildman–Crippen MR) is 81.8 cm³/mol. The van der Waals surface area contributed by atoms with E-state index in [0.29, 0.717) is 5.25 Å². The van der Waals surface area contributed by atoms with E-state index in [1.54, 1.807) is 11.8 Å². The maximum atomic E-state index is 9.25. The van der Waals surface area contributed by atoms with Crippen LogP contribution in [0.25, 0.3) is 0 Å². The monoisotopic (exact) mass is 326 g/mol. The molecule has 0 saturated heterocycles. The van der Waals surface area contributed by atoms with Gasteiger partial charge in [0.15, 0.2) is 0 Å². The van der Waals surface area contributed by atoms with Crippen LogP contribution in [0.5, 0.6) is 0 Å². The summed E-state index contributed by atoms with van der Waals surface area (Å²) in [4.78, 5) is 1.22. The lowest BCUT2D eigenvalue weighted by Gasteiger charge is -2.26. The van der Waals surface area contributed by atoms with Gasteiger partial charge in [-0.1, -0.05) is 26.0 Å². The Balaban J connectivity index is 2.64. The molecule has 98 valence electrons. The maximum Gasteiger partial charge on any atom is 0.104 e. The Morgan fingerprint density at radius 3 is 2.72 bits per heavy atom. The van der Waals surface area contributed by atoms with Crippen LogP contribution in [-0.4, -0.2) is 17.3 Å². The van der Waals surface area contributed by atoms with Crippen molar-refractivity contribution in [3.05, 3.63) is 28.7 Å². The predicted octanol–water partition coefficient (Wildman–Crippen LogP) is 4.21. The van der Waals surface area contributed by atoms with Crippen molar-refractivity contribution in [2.24, 2.45) is 0 Å². The van der Waals surface area contributed by atoms with Gasteiger partial charge in [0.1, 0.15) is 5.54 Å². The van der Waals surface area contributed by atoms with E-state index in [0.717, 1.165) is 17.4 Å². The van der Waals surface area contributed by atoms with Crippen LogP contribution in [0.3, 0.4) is 0 Å². The Kier molecular flexibility index (Phi) is 6.20. The van der Waals surface area contributed by atoms with Crippen LogP contribution in [0.1, 0.15) is 27.2 Å². The molecule has 0 heterocycles. The fourth-order valence-corrected chi connectivity index (χ4v) is 3.67. The summed E-state index contributed by atoms with van der Waals surface area (Å²) in [6, 6.07) is 10.6. The first-order chi connectivity index (χ1) is 8.50. The second kappa shape index (κ2) is 7.18. The quantitative estimate of drug-likeness (QED) is 0.795. The number of nitriles is 1. The molecule has 1 aromatic carbocycles. The third kappa shape index (κ3) is 4.64. The number of hydrogen-bond donors (Lipinski definition) is 1. The molecular formula is C14H19BrN2S. The molecular weight excluding hydrogens is 308 g/mol. The molecule has 0 aromatic heterocycles. The molecule has 4 heteroatoms. The lowest BCUT2D eigenvalue weighted by molar-refractivity contribution is 0.429. The van der Waals surface area contributed by atoms with E-state index in [4.69, 9.17) is 0 Å². The van der Waals surface area contributed by atoms with Crippen molar-refractivity contribution in [1.82, 2.24) is 5.32 Å². The lowest BCUT2D eigenvalue weighted by Crippen LogP contribution is -2.42. The first-order valence-corrected chi connectivity index (χ1v) is 7.75. The van der Waals surface area contributed by atoms with Crippen molar-refractivity contribution >= 4 is 27.7 Å². The van der Waals surface area contributed by atoms with Gasteiger partial charge in [-0.2, -0.15) is 5.26 Å². The van der Waals surface area contributed by atoms with E-state index in [1.807, 2.05) is 32.0 Å². The van der Waals surface area contributed by atoms with Crippen molar-refractivity contribution in [2.75, 3.05) is 6.54 Å². The lowest BCUT2D eigenvalue weighted by atomic mass is 9.98. The molecule has 1 rings (SSSR count). The third-order valence-corrected chi connectivity index (χ3v) is 4.81. The first-order valence-electron chi connectivity index (χ1n) is 6.08. The molecule has 18 heavy (non-hydrogen) atoms. The number of nitrogens with zero attached hydrogens (tertiary/aromatic N) is 1. The van der Waals surface area contributed by atoms with Gasteiger partial charge in [0.25, 0.3) is 0 Å². The summed E-state index contributed by atoms with van der Waals surface area (Å²) in [5, 5.41) is 12.9. The Morgan fingerprint density at radius 2 is 2.17 bits per heavy atom. The van der Waals surface area contributed by atoms with Crippen LogP contribution in [-0.2, 0) is 0 Å². The molecule has 2 atom stereocenters. The summed E-state index contributed by atoms with van der Waals surface area (Å²) in [7, 11) is 0. The van der Waals surface area contributed by atoms with Crippen molar-refractivity contribution in [3.8, 4) is 6.07 Å². The minimum atomic E-state index is -0.442. The molecule has 1 aromatic rings. The number of halogens is 1. The highest BCUT2D eigenvalue weighted by Crippen LogP contribution is 2.33. The van der Waals surface area contributed by atoms with Crippen LogP contribution in [0.4, 0.5) is 0 Å². The Labute approximate surface area is 122 Å². The van der Waals surface area contributed by atoms with Gasteiger partial charge in [0.05, 0.1) is 6.07 Å². The molecule has 2 unspecified atom stereocenters. The summed E-state index contributed by atoms with van der Waals surface area (Å²) in [6.07, 6.45) is 0.823. The zero-order valence-electron chi connectivity index (χ0n) is 11.0. The molecule has 2 nitrogen and oxygen atoms in total. The molecule has 0 amide bonds. The van der Waals surface area contributed by atoms with Crippen molar-refractivity contribution < 1.29 is 0 Å². The number of hydrogen-bond acceptors (Lipinski definition) is 3. The topological polar surface area (TPSA) is 35.8 Å². The van der Waals surface area contributed by atoms with E-state index >= 15 is 0 Å². The van der Waals surface area contributed by atoms with Crippen LogP contribution >= 0.6 is 27.7 Å². The SMILES string of the molecule is CCNC(C)(C#N)CC(C)Sc1ccccc1Br. The normalized spacial score (nSPS) is 15.7. The fraction of sp³-hybridized carbons (Fsp3) is 0.500. The van der Waals surface area contributed by atoms with E-state index < -0.39 is 5.54 Å². The van der Waals surface area contributed by atoms with Gasteiger partial charge in [-0.15, -0.1) is 11.8 Å². The van der Waals surface area contributed by atoms with Crippen molar-refractivity contribution in [1.29, 1.82) is 5.26 Å². The summed E-state index contributed by atoms with van der Waals surface area (Å²) >= 11 is 5.35. The Bertz CT molecular complexity index is 430. The van der Waals surface area contributed by atoms with E-state index in [1.165, 1.54) is 4.90 Å². The van der Waals surface area contributed by atoms with Crippen molar-refractivity contribution in [3.63, 3.8) is 0 Å². The molecule has 0 fully saturated rings. The summed E-state index contributed by atoms with van der Waals surface area (Å²) in [6.45, 7) is 6.97. The molecule has 1 N–H and O–H groups in total. The van der Waals surface area contributed by atoms with E-state index in [-0.39, 0.29) is 0 Å². The van der Waals surface area contributed by atoms with Gasteiger partial charge >= 0.3 is 0 Å². The van der Waals surface area contributed by atoms with Crippen LogP contribution < -0.4 is 5.32 Å². The molecule has 0 bridgehead atoms. The molecule has 0 aliphatic carbocycles. The zero-order chi connectivity index (χ0) is 13.6. The minimum Gasteiger partial charge on any atom is -0.300 e. The molecule has 0 spiro atoms. The van der Waals surface area contributed by atoms with Crippen LogP contribution in [0, 0.1) is 11.3 Å². The average Bonchev–Trinajstić information content (AvgIpc) is 2.32. The maximum absolute atomic E-state index is 9.25. The molecule has 0 aliphatic heterocycles. The van der Waals surface area contributed by atoms with Gasteiger partial charge in [-0.3, -0.25) is 5.32 Å². The summed E-state index contributed by atoms with van der Waals surface area (Å²) < 4.78 is 1.11. The van der Waals surface area contributed by atoms with E-state index in [2.05, 4.69) is 40.3 Å². The van der Waals surface area contributed by atoms with Crippen LogP contribution in [0.15, 0.2) is 33.6 Å². The van der Waals surface area contributed by atoms with Gasteiger partial charge in [-0.05, 0) is 48.0 Å². The molecule has 0 radical (unpaired) electrons. The molecule has 0 saturated carbocycles. The minimum absolute atomic E-state index is 0.382. The van der Waals surface area contributed by atoms with Gasteiger partial charge in [0, 0.05) is 14.6 Å². The Hall–Kier alpha value is -0.500. The highest BCUT2D eigenvalue weighted by atomic mass is 79.9. The average molecular weight is 327 g/mol. The number of nitrogens with one attached hydrogen (secondary N) is 1. The number of benzene rings is 1. The van der Waals surface area contributed by atoms with Crippen LogP contribution in [0.2, 0.25) is 0 Å². The molecule has 0 aliphatic rings. The van der Waals surface area contributed by atoms with Crippen molar-refractivity contribution in [2.45, 2.75) is 42.9 Å². The number of thioether (sulfide) groups is 1.